The van der Waals surface area contributed by atoms with E-state index >= 15 is 0 Å². The molecule has 0 atom stereocenters. The Labute approximate surface area is 178 Å². The molecule has 0 fully saturated rings. The first-order chi connectivity index (χ1) is 14.8. The zero-order valence-electron chi connectivity index (χ0n) is 16.6. The maximum atomic E-state index is 5.69. The van der Waals surface area contributed by atoms with Crippen LogP contribution in [0.5, 0.6) is 11.5 Å². The van der Waals surface area contributed by atoms with Crippen molar-refractivity contribution in [3.05, 3.63) is 53.3 Å². The van der Waals surface area contributed by atoms with E-state index in [1.165, 1.54) is 10.4 Å². The van der Waals surface area contributed by atoms with Crippen molar-refractivity contribution in [2.75, 3.05) is 25.1 Å². The highest BCUT2D eigenvalue weighted by atomic mass is 32.1. The molecule has 152 valence electrons. The summed E-state index contributed by atoms with van der Waals surface area (Å²) >= 11 is 1.70. The minimum absolute atomic E-state index is 0.585. The van der Waals surface area contributed by atoms with Gasteiger partial charge in [-0.2, -0.15) is 0 Å². The van der Waals surface area contributed by atoms with Crippen LogP contribution in [0, 0.1) is 0 Å². The number of aromatic nitrogens is 4. The average molecular weight is 420 g/mol. The van der Waals surface area contributed by atoms with Crippen LogP contribution in [0.2, 0.25) is 0 Å². The van der Waals surface area contributed by atoms with Crippen molar-refractivity contribution >= 4 is 27.4 Å². The number of nitrogens with one attached hydrogen (secondary N) is 1. The summed E-state index contributed by atoms with van der Waals surface area (Å²) < 4.78 is 11.3. The second-order valence-electron chi connectivity index (χ2n) is 6.93. The highest BCUT2D eigenvalue weighted by Gasteiger charge is 2.14. The third-order valence-electron chi connectivity index (χ3n) is 4.90. The second-order valence-corrected chi connectivity index (χ2v) is 8.04. The Hall–Kier alpha value is -3.26. The van der Waals surface area contributed by atoms with Crippen molar-refractivity contribution in [3.63, 3.8) is 0 Å². The fourth-order valence-electron chi connectivity index (χ4n) is 3.38. The van der Waals surface area contributed by atoms with E-state index in [9.17, 15) is 0 Å². The van der Waals surface area contributed by atoms with Crippen molar-refractivity contribution in [3.8, 4) is 23.0 Å². The third kappa shape index (κ3) is 3.78. The molecular weight excluding hydrogens is 398 g/mol. The summed E-state index contributed by atoms with van der Waals surface area (Å²) in [5.74, 6) is 3.05. The van der Waals surface area contributed by atoms with Crippen molar-refractivity contribution in [1.29, 1.82) is 0 Å². The van der Waals surface area contributed by atoms with E-state index < -0.39 is 0 Å². The number of thiophene rings is 1. The molecule has 0 unspecified atom stereocenters. The normalized spacial score (nSPS) is 12.8. The number of anilines is 1. The van der Waals surface area contributed by atoms with Crippen LogP contribution in [0.3, 0.4) is 0 Å². The smallest absolute Gasteiger partial charge is 0.183 e. The fraction of sp³-hybridized carbons (Fsp3) is 0.273. The van der Waals surface area contributed by atoms with E-state index in [1.54, 1.807) is 29.9 Å². The van der Waals surface area contributed by atoms with Crippen molar-refractivity contribution in [2.45, 2.75) is 19.8 Å². The molecule has 0 amide bonds. The number of hydrogen-bond acceptors (Lipinski definition) is 8. The minimum Gasteiger partial charge on any atom is -0.486 e. The predicted octanol–water partition coefficient (Wildman–Crippen LogP) is 4.14. The molecule has 0 saturated heterocycles. The summed E-state index contributed by atoms with van der Waals surface area (Å²) in [6.07, 6.45) is 6.80. The quantitative estimate of drug-likeness (QED) is 0.503. The van der Waals surface area contributed by atoms with Gasteiger partial charge in [-0.15, -0.1) is 11.3 Å². The highest BCUT2D eigenvalue weighted by Crippen LogP contribution is 2.32. The molecule has 8 heteroatoms. The lowest BCUT2D eigenvalue weighted by Gasteiger charge is -2.19. The van der Waals surface area contributed by atoms with Gasteiger partial charge in [0, 0.05) is 23.8 Å². The van der Waals surface area contributed by atoms with Gasteiger partial charge in [-0.1, -0.05) is 13.0 Å². The van der Waals surface area contributed by atoms with Crippen LogP contribution in [0.1, 0.15) is 17.4 Å². The molecular formula is C22H21N5O2S. The van der Waals surface area contributed by atoms with Gasteiger partial charge in [0.05, 0.1) is 11.6 Å². The first kappa shape index (κ1) is 18.7. The molecule has 5 rings (SSSR count). The SMILES string of the molecule is CCc1cc2c(NCCc3ccc4c(c3)OCCO4)nc(-c3cnccn3)nc2s1. The first-order valence-electron chi connectivity index (χ1n) is 9.99. The maximum Gasteiger partial charge on any atom is 0.183 e. The number of fused-ring (bicyclic) bond motifs is 2. The molecule has 4 heterocycles. The van der Waals surface area contributed by atoms with E-state index in [-0.39, 0.29) is 0 Å². The summed E-state index contributed by atoms with van der Waals surface area (Å²) in [4.78, 5) is 20.2. The monoisotopic (exact) mass is 419 g/mol. The number of hydrogen-bond donors (Lipinski definition) is 1. The molecule has 0 spiro atoms. The molecule has 4 aromatic rings. The minimum atomic E-state index is 0.585. The summed E-state index contributed by atoms with van der Waals surface area (Å²) in [5, 5.41) is 4.55. The van der Waals surface area contributed by atoms with Gasteiger partial charge in [0.1, 0.15) is 29.6 Å². The highest BCUT2D eigenvalue weighted by molar-refractivity contribution is 7.18. The van der Waals surface area contributed by atoms with Crippen LogP contribution >= 0.6 is 11.3 Å². The summed E-state index contributed by atoms with van der Waals surface area (Å²) in [6, 6.07) is 8.28. The molecule has 1 aliphatic rings. The first-order valence-corrected chi connectivity index (χ1v) is 10.8. The number of benzene rings is 1. The van der Waals surface area contributed by atoms with E-state index in [0.29, 0.717) is 24.7 Å². The Morgan fingerprint density at radius 3 is 2.80 bits per heavy atom. The van der Waals surface area contributed by atoms with Crippen LogP contribution in [-0.4, -0.2) is 39.7 Å². The van der Waals surface area contributed by atoms with Gasteiger partial charge < -0.3 is 14.8 Å². The summed E-state index contributed by atoms with van der Waals surface area (Å²) in [5.41, 5.74) is 1.85. The van der Waals surface area contributed by atoms with Gasteiger partial charge in [0.15, 0.2) is 17.3 Å². The lowest BCUT2D eigenvalue weighted by atomic mass is 10.1. The van der Waals surface area contributed by atoms with Crippen molar-refractivity contribution in [1.82, 2.24) is 19.9 Å². The summed E-state index contributed by atoms with van der Waals surface area (Å²) in [7, 11) is 0. The topological polar surface area (TPSA) is 82.0 Å². The Morgan fingerprint density at radius 2 is 1.97 bits per heavy atom. The Kier molecular flexibility index (Phi) is 5.15. The van der Waals surface area contributed by atoms with Crippen LogP contribution < -0.4 is 14.8 Å². The molecule has 30 heavy (non-hydrogen) atoms. The molecule has 7 nitrogen and oxygen atoms in total. The summed E-state index contributed by atoms with van der Waals surface area (Å²) in [6.45, 7) is 4.09. The molecule has 0 aliphatic carbocycles. The Balaban J connectivity index is 1.39. The van der Waals surface area contributed by atoms with E-state index in [4.69, 9.17) is 19.4 Å². The Bertz CT molecular complexity index is 1180. The van der Waals surface area contributed by atoms with Crippen LogP contribution in [0.25, 0.3) is 21.7 Å². The van der Waals surface area contributed by atoms with E-state index in [0.717, 1.165) is 46.9 Å². The van der Waals surface area contributed by atoms with Crippen LogP contribution in [-0.2, 0) is 12.8 Å². The lowest BCUT2D eigenvalue weighted by molar-refractivity contribution is 0.171. The molecule has 1 aliphatic heterocycles. The number of aryl methyl sites for hydroxylation is 1. The zero-order valence-corrected chi connectivity index (χ0v) is 17.4. The standard InChI is InChI=1S/C22H21N5O2S/c1-2-15-12-16-20(26-21(27-22(16)30-15)17-13-23-7-8-24-17)25-6-5-14-3-4-18-19(11-14)29-10-9-28-18/h3-4,7-8,11-13H,2,5-6,9-10H2,1H3,(H,25,26,27). The van der Waals surface area contributed by atoms with Crippen LogP contribution in [0.15, 0.2) is 42.9 Å². The number of nitrogens with zero attached hydrogens (tertiary/aromatic N) is 4. The van der Waals surface area contributed by atoms with Gasteiger partial charge in [0.2, 0.25) is 0 Å². The second kappa shape index (κ2) is 8.23. The molecule has 0 saturated carbocycles. The average Bonchev–Trinajstić information content (AvgIpc) is 3.23. The van der Waals surface area contributed by atoms with Gasteiger partial charge in [-0.25, -0.2) is 15.0 Å². The molecule has 0 bridgehead atoms. The number of ether oxygens (including phenoxy) is 2. The van der Waals surface area contributed by atoms with Crippen molar-refractivity contribution in [2.24, 2.45) is 0 Å². The van der Waals surface area contributed by atoms with Crippen molar-refractivity contribution < 1.29 is 9.47 Å². The lowest BCUT2D eigenvalue weighted by Crippen LogP contribution is -2.15. The fourth-order valence-corrected chi connectivity index (χ4v) is 4.35. The van der Waals surface area contributed by atoms with Gasteiger partial charge in [-0.3, -0.25) is 4.98 Å². The van der Waals surface area contributed by atoms with E-state index in [2.05, 4.69) is 40.4 Å². The maximum absolute atomic E-state index is 5.69. The van der Waals surface area contributed by atoms with Gasteiger partial charge in [0.25, 0.3) is 0 Å². The largest absolute Gasteiger partial charge is 0.486 e. The van der Waals surface area contributed by atoms with Gasteiger partial charge >= 0.3 is 0 Å². The molecule has 3 aromatic heterocycles. The Morgan fingerprint density at radius 1 is 1.07 bits per heavy atom. The van der Waals surface area contributed by atoms with Crippen LogP contribution in [0.4, 0.5) is 5.82 Å². The zero-order chi connectivity index (χ0) is 20.3. The van der Waals surface area contributed by atoms with E-state index in [1.807, 2.05) is 6.07 Å². The molecule has 0 radical (unpaired) electrons. The third-order valence-corrected chi connectivity index (χ3v) is 6.07. The number of rotatable bonds is 6. The molecule has 1 aromatic carbocycles. The van der Waals surface area contributed by atoms with Gasteiger partial charge in [-0.05, 0) is 36.6 Å². The molecule has 1 N–H and O–H groups in total. The predicted molar refractivity (Wildman–Crippen MR) is 117 cm³/mol.